The Morgan fingerprint density at radius 2 is 1.91 bits per heavy atom. The van der Waals surface area contributed by atoms with Gasteiger partial charge in [0.25, 0.3) is 0 Å². The van der Waals surface area contributed by atoms with Gasteiger partial charge in [0.05, 0.1) is 6.26 Å². The van der Waals surface area contributed by atoms with E-state index in [0.717, 1.165) is 6.42 Å². The second-order valence-corrected chi connectivity index (χ2v) is 5.50. The SMILES string of the molecule is CN(CCc1cccc2ccccc12)C(=O)/C=C/c1ccco1. The van der Waals surface area contributed by atoms with Crippen LogP contribution in [0.25, 0.3) is 16.8 Å². The molecule has 0 spiro atoms. The zero-order valence-electron chi connectivity index (χ0n) is 13.1. The van der Waals surface area contributed by atoms with Crippen molar-refractivity contribution < 1.29 is 9.21 Å². The zero-order chi connectivity index (χ0) is 16.1. The first-order chi connectivity index (χ1) is 11.2. The van der Waals surface area contributed by atoms with Crippen molar-refractivity contribution in [2.24, 2.45) is 0 Å². The third-order valence-corrected chi connectivity index (χ3v) is 3.91. The molecule has 1 aromatic heterocycles. The van der Waals surface area contributed by atoms with Gasteiger partial charge < -0.3 is 9.32 Å². The van der Waals surface area contributed by atoms with Crippen LogP contribution in [0.3, 0.4) is 0 Å². The molecule has 0 atom stereocenters. The van der Waals surface area contributed by atoms with Gasteiger partial charge in [0.2, 0.25) is 5.91 Å². The number of carbonyl (C=O) groups is 1. The summed E-state index contributed by atoms with van der Waals surface area (Å²) < 4.78 is 5.18. The largest absolute Gasteiger partial charge is 0.465 e. The first-order valence-electron chi connectivity index (χ1n) is 7.67. The number of likely N-dealkylation sites (N-methyl/N-ethyl adjacent to an activating group) is 1. The highest BCUT2D eigenvalue weighted by atomic mass is 16.3. The molecule has 3 rings (SSSR count). The first-order valence-corrected chi connectivity index (χ1v) is 7.67. The maximum atomic E-state index is 12.1. The molecule has 116 valence electrons. The first kappa shape index (κ1) is 15.1. The molecule has 0 unspecified atom stereocenters. The van der Waals surface area contributed by atoms with E-state index in [0.29, 0.717) is 12.3 Å². The van der Waals surface area contributed by atoms with Crippen LogP contribution < -0.4 is 0 Å². The summed E-state index contributed by atoms with van der Waals surface area (Å²) in [5.41, 5.74) is 1.26. The van der Waals surface area contributed by atoms with E-state index in [9.17, 15) is 4.79 Å². The molecular weight excluding hydrogens is 286 g/mol. The second-order valence-electron chi connectivity index (χ2n) is 5.50. The van der Waals surface area contributed by atoms with Crippen molar-refractivity contribution in [2.45, 2.75) is 6.42 Å². The normalized spacial score (nSPS) is 11.2. The van der Waals surface area contributed by atoms with Crippen molar-refractivity contribution in [3.05, 3.63) is 78.3 Å². The van der Waals surface area contributed by atoms with Crippen LogP contribution in [0.5, 0.6) is 0 Å². The molecule has 3 nitrogen and oxygen atoms in total. The highest BCUT2D eigenvalue weighted by molar-refractivity contribution is 5.91. The molecule has 0 aliphatic carbocycles. The fourth-order valence-electron chi connectivity index (χ4n) is 2.58. The quantitative estimate of drug-likeness (QED) is 0.664. The van der Waals surface area contributed by atoms with E-state index in [2.05, 4.69) is 30.3 Å². The molecule has 0 aliphatic rings. The van der Waals surface area contributed by atoms with E-state index < -0.39 is 0 Å². The lowest BCUT2D eigenvalue weighted by Crippen LogP contribution is -2.27. The van der Waals surface area contributed by atoms with Crippen molar-refractivity contribution in [3.63, 3.8) is 0 Å². The molecule has 0 aliphatic heterocycles. The van der Waals surface area contributed by atoms with Crippen molar-refractivity contribution in [2.75, 3.05) is 13.6 Å². The van der Waals surface area contributed by atoms with Gasteiger partial charge in [0.15, 0.2) is 0 Å². The van der Waals surface area contributed by atoms with E-state index in [1.54, 1.807) is 29.4 Å². The van der Waals surface area contributed by atoms with E-state index in [4.69, 9.17) is 4.42 Å². The molecule has 3 aromatic rings. The Balaban J connectivity index is 1.64. The molecule has 0 N–H and O–H groups in total. The van der Waals surface area contributed by atoms with E-state index in [1.807, 2.05) is 25.2 Å². The summed E-state index contributed by atoms with van der Waals surface area (Å²) in [4.78, 5) is 13.8. The number of nitrogens with zero attached hydrogens (tertiary/aromatic N) is 1. The summed E-state index contributed by atoms with van der Waals surface area (Å²) in [7, 11) is 1.82. The van der Waals surface area contributed by atoms with Gasteiger partial charge >= 0.3 is 0 Å². The van der Waals surface area contributed by atoms with E-state index in [1.165, 1.54) is 16.3 Å². The minimum absolute atomic E-state index is 0.0263. The van der Waals surface area contributed by atoms with Gasteiger partial charge in [-0.3, -0.25) is 4.79 Å². The second kappa shape index (κ2) is 6.97. The van der Waals surface area contributed by atoms with Crippen LogP contribution in [0.2, 0.25) is 0 Å². The molecule has 3 heteroatoms. The van der Waals surface area contributed by atoms with Gasteiger partial charge in [-0.2, -0.15) is 0 Å². The minimum Gasteiger partial charge on any atom is -0.465 e. The highest BCUT2D eigenvalue weighted by Crippen LogP contribution is 2.19. The Morgan fingerprint density at radius 3 is 2.74 bits per heavy atom. The fourth-order valence-corrected chi connectivity index (χ4v) is 2.58. The van der Waals surface area contributed by atoms with Gasteiger partial charge in [0, 0.05) is 19.7 Å². The molecule has 0 saturated carbocycles. The maximum Gasteiger partial charge on any atom is 0.246 e. The smallest absolute Gasteiger partial charge is 0.246 e. The molecule has 1 heterocycles. The average Bonchev–Trinajstić information content (AvgIpc) is 3.11. The standard InChI is InChI=1S/C20H19NO2/c1-21(20(22)12-11-18-9-5-15-23-18)14-13-17-8-4-7-16-6-2-3-10-19(16)17/h2-12,15H,13-14H2,1H3/b12-11+. The predicted octanol–water partition coefficient (Wildman–Crippen LogP) is 4.15. The molecule has 1 amide bonds. The number of amides is 1. The molecule has 23 heavy (non-hydrogen) atoms. The van der Waals surface area contributed by atoms with Crippen molar-refractivity contribution in [1.29, 1.82) is 0 Å². The number of hydrogen-bond donors (Lipinski definition) is 0. The van der Waals surface area contributed by atoms with E-state index in [-0.39, 0.29) is 5.91 Å². The summed E-state index contributed by atoms with van der Waals surface area (Å²) in [5.74, 6) is 0.655. The lowest BCUT2D eigenvalue weighted by atomic mass is 10.0. The summed E-state index contributed by atoms with van der Waals surface area (Å²) >= 11 is 0. The summed E-state index contributed by atoms with van der Waals surface area (Å²) in [5, 5.41) is 2.48. The van der Waals surface area contributed by atoms with Gasteiger partial charge in [-0.15, -0.1) is 0 Å². The Hall–Kier alpha value is -2.81. The Kier molecular flexibility index (Phi) is 4.57. The molecule has 0 bridgehead atoms. The van der Waals surface area contributed by atoms with Crippen LogP contribution in [-0.2, 0) is 11.2 Å². The van der Waals surface area contributed by atoms with Crippen LogP contribution in [0.15, 0.2) is 71.4 Å². The van der Waals surface area contributed by atoms with Crippen LogP contribution >= 0.6 is 0 Å². The number of hydrogen-bond acceptors (Lipinski definition) is 2. The van der Waals surface area contributed by atoms with Crippen LogP contribution in [0.1, 0.15) is 11.3 Å². The number of fused-ring (bicyclic) bond motifs is 1. The maximum absolute atomic E-state index is 12.1. The average molecular weight is 305 g/mol. The predicted molar refractivity (Wildman–Crippen MR) is 93.0 cm³/mol. The van der Waals surface area contributed by atoms with Crippen LogP contribution in [0.4, 0.5) is 0 Å². The van der Waals surface area contributed by atoms with Gasteiger partial charge in [-0.25, -0.2) is 0 Å². The monoisotopic (exact) mass is 305 g/mol. The van der Waals surface area contributed by atoms with Gasteiger partial charge in [0.1, 0.15) is 5.76 Å². The zero-order valence-corrected chi connectivity index (χ0v) is 13.1. The molecule has 2 aromatic carbocycles. The van der Waals surface area contributed by atoms with Crippen LogP contribution in [0, 0.1) is 0 Å². The number of furan rings is 1. The third-order valence-electron chi connectivity index (χ3n) is 3.91. The summed E-state index contributed by atoms with van der Waals surface area (Å²) in [6.07, 6.45) is 5.66. The van der Waals surface area contributed by atoms with Crippen molar-refractivity contribution in [3.8, 4) is 0 Å². The van der Waals surface area contributed by atoms with Crippen LogP contribution in [-0.4, -0.2) is 24.4 Å². The lowest BCUT2D eigenvalue weighted by molar-refractivity contribution is -0.124. The topological polar surface area (TPSA) is 33.5 Å². The molecular formula is C20H19NO2. The molecule has 0 fully saturated rings. The molecule has 0 radical (unpaired) electrons. The third kappa shape index (κ3) is 3.69. The van der Waals surface area contributed by atoms with Crippen molar-refractivity contribution in [1.82, 2.24) is 4.90 Å². The van der Waals surface area contributed by atoms with E-state index >= 15 is 0 Å². The number of carbonyl (C=O) groups excluding carboxylic acids is 1. The Labute approximate surface area is 135 Å². The summed E-state index contributed by atoms with van der Waals surface area (Å²) in [6.45, 7) is 0.676. The van der Waals surface area contributed by atoms with Gasteiger partial charge in [-0.05, 0) is 41.0 Å². The molecule has 0 saturated heterocycles. The summed E-state index contributed by atoms with van der Waals surface area (Å²) in [6, 6.07) is 18.3. The Bertz CT molecular complexity index is 813. The lowest BCUT2D eigenvalue weighted by Gasteiger charge is -2.15. The number of benzene rings is 2. The van der Waals surface area contributed by atoms with Gasteiger partial charge in [-0.1, -0.05) is 42.5 Å². The fraction of sp³-hybridized carbons (Fsp3) is 0.150. The Morgan fingerprint density at radius 1 is 1.09 bits per heavy atom. The number of rotatable bonds is 5. The highest BCUT2D eigenvalue weighted by Gasteiger charge is 2.07. The van der Waals surface area contributed by atoms with Crippen molar-refractivity contribution >= 4 is 22.8 Å². The minimum atomic E-state index is -0.0263.